The van der Waals surface area contributed by atoms with Gasteiger partial charge in [-0.15, -0.1) is 12.4 Å². The van der Waals surface area contributed by atoms with Crippen LogP contribution < -0.4 is 11.1 Å². The van der Waals surface area contributed by atoms with Crippen LogP contribution in [-0.4, -0.2) is 46.5 Å². The van der Waals surface area contributed by atoms with Gasteiger partial charge in [-0.1, -0.05) is 19.1 Å². The molecular weight excluding hydrogens is 402 g/mol. The Morgan fingerprint density at radius 2 is 2.10 bits per heavy atom. The topological polar surface area (TPSA) is 95.1 Å². The average molecular weight is 436 g/mol. The van der Waals surface area contributed by atoms with Crippen LogP contribution >= 0.6 is 12.4 Å². The molecule has 1 amide bonds. The van der Waals surface area contributed by atoms with Gasteiger partial charge in [0.05, 0.1) is 18.2 Å². The molecule has 0 radical (unpaired) electrons. The number of rotatable bonds is 7. The molecule has 0 saturated heterocycles. The van der Waals surface area contributed by atoms with Crippen molar-refractivity contribution < 1.29 is 9.53 Å². The molecule has 1 aromatic carbocycles. The number of carbonyl (C=O) groups excluding carboxylic acids is 1. The van der Waals surface area contributed by atoms with Gasteiger partial charge in [0.15, 0.2) is 5.82 Å². The Hall–Kier alpha value is -1.96. The lowest BCUT2D eigenvalue weighted by molar-refractivity contribution is -0.120. The van der Waals surface area contributed by atoms with Gasteiger partial charge in [-0.05, 0) is 56.7 Å². The lowest BCUT2D eigenvalue weighted by Crippen LogP contribution is -2.42. The number of halogens is 1. The highest BCUT2D eigenvalue weighted by Gasteiger charge is 2.33. The third kappa shape index (κ3) is 5.39. The van der Waals surface area contributed by atoms with Crippen molar-refractivity contribution in [3.8, 4) is 5.69 Å². The third-order valence-electron chi connectivity index (χ3n) is 5.82. The van der Waals surface area contributed by atoms with Crippen molar-refractivity contribution in [2.24, 2.45) is 5.73 Å². The number of likely N-dealkylation sites (N-methyl/N-ethyl adjacent to an activating group) is 1. The van der Waals surface area contributed by atoms with Crippen LogP contribution in [0.4, 0.5) is 0 Å². The molecule has 3 rings (SSSR count). The molecule has 8 heteroatoms. The summed E-state index contributed by atoms with van der Waals surface area (Å²) in [7, 11) is 1.63. The first-order valence-electron chi connectivity index (χ1n) is 10.5. The number of hydrogen-bond acceptors (Lipinski definition) is 5. The molecule has 1 saturated carbocycles. The van der Waals surface area contributed by atoms with E-state index < -0.39 is 0 Å². The number of nitrogens with zero attached hydrogens (tertiary/aromatic N) is 3. The van der Waals surface area contributed by atoms with E-state index in [-0.39, 0.29) is 42.8 Å². The van der Waals surface area contributed by atoms with Gasteiger partial charge in [0, 0.05) is 25.6 Å². The summed E-state index contributed by atoms with van der Waals surface area (Å²) in [6.07, 6.45) is 3.83. The van der Waals surface area contributed by atoms with Crippen LogP contribution in [-0.2, 0) is 16.0 Å². The highest BCUT2D eigenvalue weighted by atomic mass is 35.5. The van der Waals surface area contributed by atoms with Crippen LogP contribution in [0, 0.1) is 13.8 Å². The van der Waals surface area contributed by atoms with E-state index in [0.29, 0.717) is 5.82 Å². The molecule has 0 bridgehead atoms. The molecule has 0 unspecified atom stereocenters. The SMILES string of the molecule is CCCO[C@H]1C[C@@H](c2nc(CC(=O)NC)nn2-c2cccc(C)c2C)CC[C@@H]1N.Cl. The summed E-state index contributed by atoms with van der Waals surface area (Å²) >= 11 is 0. The van der Waals surface area contributed by atoms with Gasteiger partial charge in [0.1, 0.15) is 5.82 Å². The summed E-state index contributed by atoms with van der Waals surface area (Å²) in [5.41, 5.74) is 9.70. The number of aryl methyl sites for hydroxylation is 1. The fourth-order valence-electron chi connectivity index (χ4n) is 3.93. The largest absolute Gasteiger partial charge is 0.377 e. The van der Waals surface area contributed by atoms with E-state index >= 15 is 0 Å². The summed E-state index contributed by atoms with van der Waals surface area (Å²) in [4.78, 5) is 16.7. The molecule has 1 aliphatic rings. The monoisotopic (exact) mass is 435 g/mol. The van der Waals surface area contributed by atoms with Crippen molar-refractivity contribution in [1.82, 2.24) is 20.1 Å². The zero-order chi connectivity index (χ0) is 21.0. The normalized spacial score (nSPS) is 21.2. The smallest absolute Gasteiger partial charge is 0.227 e. The Morgan fingerprint density at radius 1 is 1.33 bits per heavy atom. The van der Waals surface area contributed by atoms with Gasteiger partial charge >= 0.3 is 0 Å². The zero-order valence-corrected chi connectivity index (χ0v) is 19.2. The third-order valence-corrected chi connectivity index (χ3v) is 5.82. The molecule has 1 aliphatic carbocycles. The molecule has 2 aromatic rings. The second-order valence-corrected chi connectivity index (χ2v) is 7.95. The van der Waals surface area contributed by atoms with Gasteiger partial charge in [0.2, 0.25) is 5.91 Å². The number of aromatic nitrogens is 3. The van der Waals surface area contributed by atoms with Crippen LogP contribution in [0.15, 0.2) is 18.2 Å². The van der Waals surface area contributed by atoms with Crippen molar-refractivity contribution in [2.45, 2.75) is 70.9 Å². The Morgan fingerprint density at radius 3 is 2.80 bits per heavy atom. The standard InChI is InChI=1S/C22H33N5O2.ClH/c1-5-11-29-19-12-16(9-10-17(19)23)22-25-20(13-21(28)24-4)26-27(22)18-8-6-7-14(2)15(18)3;/h6-8,16-17,19H,5,9-13,23H2,1-4H3,(H,24,28);1H/t16-,17-,19-;/m0./s1. The predicted molar refractivity (Wildman–Crippen MR) is 120 cm³/mol. The van der Waals surface area contributed by atoms with Crippen LogP contribution in [0.2, 0.25) is 0 Å². The van der Waals surface area contributed by atoms with E-state index in [4.69, 9.17) is 20.6 Å². The minimum Gasteiger partial charge on any atom is -0.377 e. The highest BCUT2D eigenvalue weighted by Crippen LogP contribution is 2.34. The maximum absolute atomic E-state index is 11.9. The minimum absolute atomic E-state index is 0. The zero-order valence-electron chi connectivity index (χ0n) is 18.4. The molecule has 1 heterocycles. The predicted octanol–water partition coefficient (Wildman–Crippen LogP) is 2.98. The number of nitrogens with two attached hydrogens (primary N) is 1. The van der Waals surface area contributed by atoms with E-state index in [1.54, 1.807) is 7.05 Å². The average Bonchev–Trinajstić information content (AvgIpc) is 3.12. The summed E-state index contributed by atoms with van der Waals surface area (Å²) in [5, 5.41) is 7.38. The lowest BCUT2D eigenvalue weighted by Gasteiger charge is -2.33. The number of ether oxygens (including phenoxy) is 1. The van der Waals surface area contributed by atoms with Crippen molar-refractivity contribution in [1.29, 1.82) is 0 Å². The van der Waals surface area contributed by atoms with Crippen molar-refractivity contribution >= 4 is 18.3 Å². The maximum atomic E-state index is 11.9. The Bertz CT molecular complexity index is 854. The first-order chi connectivity index (χ1) is 13.9. The van der Waals surface area contributed by atoms with Gasteiger partial charge in [-0.25, -0.2) is 9.67 Å². The molecule has 3 N–H and O–H groups in total. The fourth-order valence-corrected chi connectivity index (χ4v) is 3.93. The first kappa shape index (κ1) is 24.3. The van der Waals surface area contributed by atoms with E-state index in [1.807, 2.05) is 10.7 Å². The Labute approximate surface area is 185 Å². The van der Waals surface area contributed by atoms with Crippen molar-refractivity contribution in [2.75, 3.05) is 13.7 Å². The Kier molecular flexibility index (Phi) is 8.82. The van der Waals surface area contributed by atoms with Crippen molar-refractivity contribution in [3.05, 3.63) is 41.0 Å². The van der Waals surface area contributed by atoms with E-state index in [1.165, 1.54) is 5.56 Å². The van der Waals surface area contributed by atoms with Gasteiger partial charge in [-0.2, -0.15) is 5.10 Å². The van der Waals surface area contributed by atoms with Crippen LogP contribution in [0.5, 0.6) is 0 Å². The molecule has 30 heavy (non-hydrogen) atoms. The Balaban J connectivity index is 0.00000320. The summed E-state index contributed by atoms with van der Waals surface area (Å²) < 4.78 is 7.96. The van der Waals surface area contributed by atoms with Crippen molar-refractivity contribution in [3.63, 3.8) is 0 Å². The fraction of sp³-hybridized carbons (Fsp3) is 0.591. The molecule has 0 aliphatic heterocycles. The number of carbonyl (C=O) groups is 1. The number of amides is 1. The van der Waals surface area contributed by atoms with Gasteiger partial charge in [-0.3, -0.25) is 4.79 Å². The first-order valence-corrected chi connectivity index (χ1v) is 10.5. The lowest BCUT2D eigenvalue weighted by atomic mass is 9.83. The second kappa shape index (κ2) is 10.9. The maximum Gasteiger partial charge on any atom is 0.227 e. The summed E-state index contributed by atoms with van der Waals surface area (Å²) in [6.45, 7) is 7.01. The molecular formula is C22H34ClN5O2. The quantitative estimate of drug-likeness (QED) is 0.697. The summed E-state index contributed by atoms with van der Waals surface area (Å²) in [5.74, 6) is 1.54. The van der Waals surface area contributed by atoms with E-state index in [9.17, 15) is 4.79 Å². The highest BCUT2D eigenvalue weighted by molar-refractivity contribution is 5.85. The van der Waals surface area contributed by atoms with Gasteiger partial charge in [0.25, 0.3) is 0 Å². The molecule has 7 nitrogen and oxygen atoms in total. The van der Waals surface area contributed by atoms with Gasteiger partial charge < -0.3 is 15.8 Å². The molecule has 0 spiro atoms. The number of benzene rings is 1. The molecule has 1 fully saturated rings. The molecule has 1 aromatic heterocycles. The minimum atomic E-state index is -0.0931. The molecule has 3 atom stereocenters. The second-order valence-electron chi connectivity index (χ2n) is 7.95. The molecule has 166 valence electrons. The van der Waals surface area contributed by atoms with E-state index in [2.05, 4.69) is 38.2 Å². The van der Waals surface area contributed by atoms with Crippen LogP contribution in [0.3, 0.4) is 0 Å². The van der Waals surface area contributed by atoms with Crippen LogP contribution in [0.25, 0.3) is 5.69 Å². The van der Waals surface area contributed by atoms with Crippen LogP contribution in [0.1, 0.15) is 61.3 Å². The van der Waals surface area contributed by atoms with E-state index in [0.717, 1.165) is 49.4 Å². The summed E-state index contributed by atoms with van der Waals surface area (Å²) in [6, 6.07) is 6.24. The number of nitrogens with one attached hydrogen (secondary N) is 1. The number of hydrogen-bond donors (Lipinski definition) is 2.